The number of allylic oxidation sites excluding steroid dienone is 1. The highest BCUT2D eigenvalue weighted by Gasteiger charge is 1.83. The normalized spacial score (nSPS) is 14.6. The summed E-state index contributed by atoms with van der Waals surface area (Å²) in [5, 5.41) is 8.76. The van der Waals surface area contributed by atoms with E-state index in [0.29, 0.717) is 0 Å². The lowest BCUT2D eigenvalue weighted by atomic mass is 10.2. The molecule has 0 spiro atoms. The van der Waals surface area contributed by atoms with Gasteiger partial charge in [-0.3, -0.25) is 0 Å². The van der Waals surface area contributed by atoms with Crippen LogP contribution < -0.4 is 0 Å². The second-order valence-corrected chi connectivity index (χ2v) is 2.31. The van der Waals surface area contributed by atoms with E-state index in [0.717, 1.165) is 6.42 Å². The van der Waals surface area contributed by atoms with Crippen molar-refractivity contribution >= 4 is 0 Å². The SMILES string of the molecule is CCCC/C=C\C(C)O. The van der Waals surface area contributed by atoms with E-state index in [2.05, 4.69) is 6.92 Å². The maximum atomic E-state index is 8.76. The zero-order chi connectivity index (χ0) is 7.11. The molecule has 0 bridgehead atoms. The maximum Gasteiger partial charge on any atom is 0.0692 e. The molecule has 0 aliphatic heterocycles. The zero-order valence-corrected chi connectivity index (χ0v) is 6.30. The summed E-state index contributed by atoms with van der Waals surface area (Å²) in [7, 11) is 0. The van der Waals surface area contributed by atoms with Crippen molar-refractivity contribution in [1.29, 1.82) is 0 Å². The first-order valence-corrected chi connectivity index (χ1v) is 3.62. The van der Waals surface area contributed by atoms with Crippen molar-refractivity contribution in [2.24, 2.45) is 0 Å². The van der Waals surface area contributed by atoms with Gasteiger partial charge in [0.05, 0.1) is 6.10 Å². The number of aliphatic hydroxyl groups excluding tert-OH is 1. The molecule has 0 aromatic heterocycles. The van der Waals surface area contributed by atoms with Gasteiger partial charge in [0.15, 0.2) is 0 Å². The molecule has 1 N–H and O–H groups in total. The fourth-order valence-electron chi connectivity index (χ4n) is 0.615. The summed E-state index contributed by atoms with van der Waals surface area (Å²) in [6, 6.07) is 0. The molecule has 0 saturated carbocycles. The molecule has 1 nitrogen and oxygen atoms in total. The average Bonchev–Trinajstić information content (AvgIpc) is 1.80. The van der Waals surface area contributed by atoms with Crippen LogP contribution in [0.1, 0.15) is 33.1 Å². The first kappa shape index (κ1) is 8.70. The minimum atomic E-state index is -0.276. The number of hydrogen-bond donors (Lipinski definition) is 1. The highest BCUT2D eigenvalue weighted by molar-refractivity contribution is 4.85. The van der Waals surface area contributed by atoms with Crippen molar-refractivity contribution in [2.75, 3.05) is 0 Å². The fraction of sp³-hybridized carbons (Fsp3) is 0.750. The van der Waals surface area contributed by atoms with E-state index in [1.165, 1.54) is 12.8 Å². The molecule has 0 saturated heterocycles. The molecule has 1 atom stereocenters. The van der Waals surface area contributed by atoms with Crippen molar-refractivity contribution < 1.29 is 5.11 Å². The quantitative estimate of drug-likeness (QED) is 0.454. The average molecular weight is 128 g/mol. The molecule has 0 fully saturated rings. The Hall–Kier alpha value is -0.300. The molecule has 0 aromatic rings. The van der Waals surface area contributed by atoms with E-state index >= 15 is 0 Å². The summed E-state index contributed by atoms with van der Waals surface area (Å²) < 4.78 is 0. The van der Waals surface area contributed by atoms with Crippen LogP contribution in [0.3, 0.4) is 0 Å². The standard InChI is InChI=1S/C8H16O/c1-3-4-5-6-7-8(2)9/h6-9H,3-5H2,1-2H3/b7-6-. The second kappa shape index (κ2) is 5.83. The molecule has 0 rings (SSSR count). The molecule has 0 aliphatic rings. The summed E-state index contributed by atoms with van der Waals surface area (Å²) >= 11 is 0. The Kier molecular flexibility index (Phi) is 5.64. The summed E-state index contributed by atoms with van der Waals surface area (Å²) in [6.45, 7) is 3.93. The molecule has 1 unspecified atom stereocenters. The van der Waals surface area contributed by atoms with Crippen LogP contribution in [0, 0.1) is 0 Å². The molecule has 0 aromatic carbocycles. The lowest BCUT2D eigenvalue weighted by Crippen LogP contribution is -1.91. The number of rotatable bonds is 4. The molecule has 54 valence electrons. The van der Waals surface area contributed by atoms with Crippen LogP contribution in [-0.4, -0.2) is 11.2 Å². The zero-order valence-electron chi connectivity index (χ0n) is 6.30. The van der Waals surface area contributed by atoms with Crippen molar-refractivity contribution in [3.05, 3.63) is 12.2 Å². The predicted molar refractivity (Wildman–Crippen MR) is 40.3 cm³/mol. The van der Waals surface area contributed by atoms with Gasteiger partial charge in [-0.05, 0) is 13.3 Å². The predicted octanol–water partition coefficient (Wildman–Crippen LogP) is 2.11. The van der Waals surface area contributed by atoms with Gasteiger partial charge >= 0.3 is 0 Å². The number of hydrogen-bond acceptors (Lipinski definition) is 1. The number of aliphatic hydroxyl groups is 1. The van der Waals surface area contributed by atoms with Crippen LogP contribution >= 0.6 is 0 Å². The van der Waals surface area contributed by atoms with Crippen molar-refractivity contribution in [1.82, 2.24) is 0 Å². The molecular formula is C8H16O. The highest BCUT2D eigenvalue weighted by Crippen LogP contribution is 1.95. The van der Waals surface area contributed by atoms with Crippen LogP contribution in [0.4, 0.5) is 0 Å². The first-order valence-electron chi connectivity index (χ1n) is 3.62. The van der Waals surface area contributed by atoms with Crippen molar-refractivity contribution in [2.45, 2.75) is 39.2 Å². The summed E-state index contributed by atoms with van der Waals surface area (Å²) in [5.41, 5.74) is 0. The minimum Gasteiger partial charge on any atom is -0.389 e. The molecule has 0 aliphatic carbocycles. The van der Waals surface area contributed by atoms with Gasteiger partial charge in [0.2, 0.25) is 0 Å². The third-order valence-electron chi connectivity index (χ3n) is 1.14. The van der Waals surface area contributed by atoms with Crippen molar-refractivity contribution in [3.63, 3.8) is 0 Å². The first-order chi connectivity index (χ1) is 4.27. The van der Waals surface area contributed by atoms with Crippen LogP contribution in [0.15, 0.2) is 12.2 Å². The second-order valence-electron chi connectivity index (χ2n) is 2.31. The van der Waals surface area contributed by atoms with Crippen molar-refractivity contribution in [3.8, 4) is 0 Å². The lowest BCUT2D eigenvalue weighted by Gasteiger charge is -1.92. The Morgan fingerprint density at radius 1 is 1.56 bits per heavy atom. The monoisotopic (exact) mass is 128 g/mol. The largest absolute Gasteiger partial charge is 0.389 e. The van der Waals surface area contributed by atoms with E-state index in [1.807, 2.05) is 12.2 Å². The third-order valence-corrected chi connectivity index (χ3v) is 1.14. The topological polar surface area (TPSA) is 20.2 Å². The van der Waals surface area contributed by atoms with E-state index in [9.17, 15) is 0 Å². The summed E-state index contributed by atoms with van der Waals surface area (Å²) in [4.78, 5) is 0. The fourth-order valence-corrected chi connectivity index (χ4v) is 0.615. The molecule has 9 heavy (non-hydrogen) atoms. The number of unbranched alkanes of at least 4 members (excludes halogenated alkanes) is 2. The van der Waals surface area contributed by atoms with Gasteiger partial charge in [-0.25, -0.2) is 0 Å². The minimum absolute atomic E-state index is 0.276. The maximum absolute atomic E-state index is 8.76. The van der Waals surface area contributed by atoms with Gasteiger partial charge in [-0.1, -0.05) is 31.9 Å². The van der Waals surface area contributed by atoms with Gasteiger partial charge in [-0.15, -0.1) is 0 Å². The Balaban J connectivity index is 3.04. The van der Waals surface area contributed by atoms with E-state index in [1.54, 1.807) is 6.92 Å². The molecule has 1 heteroatoms. The highest BCUT2D eigenvalue weighted by atomic mass is 16.3. The Bertz CT molecular complexity index is 74.6. The molecule has 0 heterocycles. The van der Waals surface area contributed by atoms with E-state index < -0.39 is 0 Å². The molecule has 0 radical (unpaired) electrons. The molecular weight excluding hydrogens is 112 g/mol. The smallest absolute Gasteiger partial charge is 0.0692 e. The van der Waals surface area contributed by atoms with Crippen LogP contribution in [0.25, 0.3) is 0 Å². The van der Waals surface area contributed by atoms with E-state index in [4.69, 9.17) is 5.11 Å². The summed E-state index contributed by atoms with van der Waals surface area (Å²) in [5.74, 6) is 0. The Morgan fingerprint density at radius 2 is 2.22 bits per heavy atom. The van der Waals surface area contributed by atoms with Gasteiger partial charge < -0.3 is 5.11 Å². The third kappa shape index (κ3) is 7.70. The van der Waals surface area contributed by atoms with Gasteiger partial charge in [-0.2, -0.15) is 0 Å². The Morgan fingerprint density at radius 3 is 2.67 bits per heavy atom. The van der Waals surface area contributed by atoms with E-state index in [-0.39, 0.29) is 6.10 Å². The molecule has 0 amide bonds. The van der Waals surface area contributed by atoms with Gasteiger partial charge in [0, 0.05) is 0 Å². The van der Waals surface area contributed by atoms with Crippen LogP contribution in [0.5, 0.6) is 0 Å². The Labute approximate surface area is 57.4 Å². The van der Waals surface area contributed by atoms with Crippen LogP contribution in [-0.2, 0) is 0 Å². The van der Waals surface area contributed by atoms with Gasteiger partial charge in [0.25, 0.3) is 0 Å². The van der Waals surface area contributed by atoms with Crippen LogP contribution in [0.2, 0.25) is 0 Å². The van der Waals surface area contributed by atoms with Gasteiger partial charge in [0.1, 0.15) is 0 Å². The summed E-state index contributed by atoms with van der Waals surface area (Å²) in [6.07, 6.45) is 7.14. The lowest BCUT2D eigenvalue weighted by molar-refractivity contribution is 0.244.